The van der Waals surface area contributed by atoms with Crippen LogP contribution < -0.4 is 16.0 Å². The Morgan fingerprint density at radius 2 is 1.96 bits per heavy atom. The van der Waals surface area contributed by atoms with Gasteiger partial charge in [0.25, 0.3) is 0 Å². The number of fused-ring (bicyclic) bond motifs is 2. The number of rotatable bonds is 3. The number of carbonyl (C=O) groups is 2. The minimum Gasteiger partial charge on any atom is -0.481 e. The Morgan fingerprint density at radius 3 is 2.58 bits per heavy atom. The number of ketones is 1. The van der Waals surface area contributed by atoms with Crippen LogP contribution in [-0.4, -0.2) is 49.1 Å². The van der Waals surface area contributed by atoms with Crippen molar-refractivity contribution < 1.29 is 19.4 Å². The molecule has 4 fully saturated rings. The topological polar surface area (TPSA) is 99.7 Å². The fourth-order valence-corrected chi connectivity index (χ4v) is 4.92. The Bertz CT molecular complexity index is 524. The molecule has 7 atom stereocenters. The fourth-order valence-electron chi connectivity index (χ4n) is 4.92. The van der Waals surface area contributed by atoms with Crippen molar-refractivity contribution in [3.63, 3.8) is 0 Å². The molecular weight excluding hydrogens is 310 g/mol. The molecule has 0 amide bonds. The van der Waals surface area contributed by atoms with Crippen LogP contribution in [0.5, 0.6) is 0 Å². The molecule has 0 aromatic heterocycles. The second kappa shape index (κ2) is 6.37. The van der Waals surface area contributed by atoms with Crippen LogP contribution >= 0.6 is 0 Å². The molecule has 4 N–H and O–H groups in total. The third-order valence-corrected chi connectivity index (χ3v) is 6.59. The summed E-state index contributed by atoms with van der Waals surface area (Å²) < 4.78 is 6.13. The molecule has 3 saturated heterocycles. The van der Waals surface area contributed by atoms with Crippen LogP contribution in [0, 0.1) is 29.6 Å². The largest absolute Gasteiger partial charge is 0.481 e. The van der Waals surface area contributed by atoms with Gasteiger partial charge in [0.2, 0.25) is 0 Å². The average Bonchev–Trinajstić information content (AvgIpc) is 2.52. The Balaban J connectivity index is 1.49. The fraction of sp³-hybridized carbons (Fsp3) is 0.882. The van der Waals surface area contributed by atoms with Gasteiger partial charge in [-0.1, -0.05) is 19.3 Å². The maximum Gasteiger partial charge on any atom is 0.309 e. The van der Waals surface area contributed by atoms with Crippen molar-refractivity contribution in [2.75, 3.05) is 13.6 Å². The van der Waals surface area contributed by atoms with E-state index in [1.807, 2.05) is 0 Å². The van der Waals surface area contributed by atoms with Gasteiger partial charge in [-0.15, -0.1) is 0 Å². The van der Waals surface area contributed by atoms with Gasteiger partial charge in [0.1, 0.15) is 18.2 Å². The van der Waals surface area contributed by atoms with Crippen molar-refractivity contribution in [1.29, 1.82) is 0 Å². The van der Waals surface area contributed by atoms with Gasteiger partial charge in [0, 0.05) is 6.54 Å². The lowest BCUT2D eigenvalue weighted by Crippen LogP contribution is -2.68. The minimum atomic E-state index is -0.871. The summed E-state index contributed by atoms with van der Waals surface area (Å²) in [5.41, 5.74) is 0. The van der Waals surface area contributed by atoms with Crippen LogP contribution in [0.2, 0.25) is 0 Å². The molecule has 0 aromatic carbocycles. The SMILES string of the molecule is CNC1NC2OC3NCC(C4CCC4)CC3C(=O)C2CC1C(=O)O. The van der Waals surface area contributed by atoms with E-state index in [-0.39, 0.29) is 30.0 Å². The zero-order chi connectivity index (χ0) is 16.8. The molecule has 4 aliphatic rings. The molecule has 3 heterocycles. The molecule has 24 heavy (non-hydrogen) atoms. The van der Waals surface area contributed by atoms with Crippen LogP contribution in [0.15, 0.2) is 0 Å². The summed E-state index contributed by atoms with van der Waals surface area (Å²) in [6, 6.07) is 0. The maximum absolute atomic E-state index is 13.1. The third-order valence-electron chi connectivity index (χ3n) is 6.59. The zero-order valence-electron chi connectivity index (χ0n) is 14.0. The first-order valence-electron chi connectivity index (χ1n) is 9.17. The molecule has 134 valence electrons. The highest BCUT2D eigenvalue weighted by Crippen LogP contribution is 2.43. The second-order valence-corrected chi connectivity index (χ2v) is 7.80. The minimum absolute atomic E-state index is 0.131. The van der Waals surface area contributed by atoms with Crippen LogP contribution in [0.1, 0.15) is 32.1 Å². The van der Waals surface area contributed by atoms with Crippen molar-refractivity contribution in [2.24, 2.45) is 29.6 Å². The molecule has 0 bridgehead atoms. The first-order chi connectivity index (χ1) is 11.6. The van der Waals surface area contributed by atoms with Crippen molar-refractivity contribution in [3.05, 3.63) is 0 Å². The second-order valence-electron chi connectivity index (χ2n) is 7.80. The van der Waals surface area contributed by atoms with Gasteiger partial charge in [0.05, 0.1) is 23.9 Å². The maximum atomic E-state index is 13.1. The van der Waals surface area contributed by atoms with Gasteiger partial charge in [-0.3, -0.25) is 20.2 Å². The molecule has 4 rings (SSSR count). The van der Waals surface area contributed by atoms with Gasteiger partial charge < -0.3 is 15.2 Å². The number of carbonyl (C=O) groups excluding carboxylic acids is 1. The Kier molecular flexibility index (Phi) is 4.36. The van der Waals surface area contributed by atoms with Gasteiger partial charge in [-0.2, -0.15) is 0 Å². The summed E-state index contributed by atoms with van der Waals surface area (Å²) >= 11 is 0. The van der Waals surface area contributed by atoms with Crippen LogP contribution in [0.4, 0.5) is 0 Å². The summed E-state index contributed by atoms with van der Waals surface area (Å²) in [5, 5.41) is 19.1. The summed E-state index contributed by atoms with van der Waals surface area (Å²) in [7, 11) is 1.73. The Morgan fingerprint density at radius 1 is 1.21 bits per heavy atom. The number of piperidine rings is 2. The molecule has 7 unspecified atom stereocenters. The standard InChI is InChI=1S/C17H27N3O4/c1-18-14-12(17(22)23)6-11-13(21)10-5-9(8-3-2-4-8)7-19-15(10)24-16(11)20-14/h8-12,14-16,18-20H,2-7H2,1H3,(H,22,23). The van der Waals surface area contributed by atoms with E-state index >= 15 is 0 Å². The van der Waals surface area contributed by atoms with Crippen LogP contribution in [0.25, 0.3) is 0 Å². The van der Waals surface area contributed by atoms with Gasteiger partial charge >= 0.3 is 5.97 Å². The van der Waals surface area contributed by atoms with E-state index in [1.54, 1.807) is 7.05 Å². The first-order valence-corrected chi connectivity index (χ1v) is 9.17. The van der Waals surface area contributed by atoms with Crippen LogP contribution in [-0.2, 0) is 14.3 Å². The predicted octanol–water partition coefficient (Wildman–Crippen LogP) is 0.120. The van der Waals surface area contributed by atoms with Crippen molar-refractivity contribution in [3.8, 4) is 0 Å². The summed E-state index contributed by atoms with van der Waals surface area (Å²) in [4.78, 5) is 24.6. The highest BCUT2D eigenvalue weighted by atomic mass is 16.5. The Hall–Kier alpha value is -1.02. The summed E-state index contributed by atoms with van der Waals surface area (Å²) in [5.74, 6) is -0.494. The predicted molar refractivity (Wildman–Crippen MR) is 85.8 cm³/mol. The number of hydrogen-bond acceptors (Lipinski definition) is 6. The van der Waals surface area contributed by atoms with Crippen molar-refractivity contribution in [2.45, 2.75) is 50.7 Å². The highest BCUT2D eigenvalue weighted by Gasteiger charge is 2.52. The van der Waals surface area contributed by atoms with E-state index in [1.165, 1.54) is 19.3 Å². The smallest absolute Gasteiger partial charge is 0.309 e. The van der Waals surface area contributed by atoms with E-state index < -0.39 is 18.1 Å². The zero-order valence-corrected chi connectivity index (χ0v) is 14.0. The van der Waals surface area contributed by atoms with E-state index in [2.05, 4.69) is 16.0 Å². The molecular formula is C17H27N3O4. The van der Waals surface area contributed by atoms with Gasteiger partial charge in [-0.25, -0.2) is 0 Å². The Labute approximate surface area is 141 Å². The molecule has 3 aliphatic heterocycles. The number of carboxylic acids is 1. The molecule has 7 nitrogen and oxygen atoms in total. The van der Waals surface area contributed by atoms with Crippen LogP contribution in [0.3, 0.4) is 0 Å². The van der Waals surface area contributed by atoms with Crippen molar-refractivity contribution in [1.82, 2.24) is 16.0 Å². The highest BCUT2D eigenvalue weighted by molar-refractivity contribution is 5.86. The van der Waals surface area contributed by atoms with Gasteiger partial charge in [0.15, 0.2) is 0 Å². The first kappa shape index (κ1) is 16.4. The number of ether oxygens (including phenoxy) is 1. The molecule has 1 aliphatic carbocycles. The number of aliphatic carboxylic acids is 1. The molecule has 7 heteroatoms. The molecule has 1 saturated carbocycles. The monoisotopic (exact) mass is 337 g/mol. The summed E-state index contributed by atoms with van der Waals surface area (Å²) in [6.45, 7) is 0.920. The number of hydrogen-bond donors (Lipinski definition) is 4. The lowest BCUT2D eigenvalue weighted by molar-refractivity contribution is -0.190. The average molecular weight is 337 g/mol. The third kappa shape index (κ3) is 2.67. The molecule has 0 spiro atoms. The van der Waals surface area contributed by atoms with E-state index in [0.717, 1.165) is 18.9 Å². The number of nitrogens with one attached hydrogen (secondary N) is 3. The van der Waals surface area contributed by atoms with E-state index in [4.69, 9.17) is 4.74 Å². The van der Waals surface area contributed by atoms with Crippen molar-refractivity contribution >= 4 is 11.8 Å². The van der Waals surface area contributed by atoms with E-state index in [0.29, 0.717) is 12.3 Å². The quantitative estimate of drug-likeness (QED) is 0.580. The molecule has 0 radical (unpaired) electrons. The van der Waals surface area contributed by atoms with Gasteiger partial charge in [-0.05, 0) is 31.7 Å². The lowest BCUT2D eigenvalue weighted by atomic mass is 9.68. The number of Topliss-reactive ketones (excluding diaryl/α,β-unsaturated/α-hetero) is 1. The summed E-state index contributed by atoms with van der Waals surface area (Å²) in [6.07, 6.45) is 4.07. The normalized spacial score (nSPS) is 45.9. The van der Waals surface area contributed by atoms with E-state index in [9.17, 15) is 14.7 Å². The lowest BCUT2D eigenvalue weighted by Gasteiger charge is -2.50. The molecule has 0 aromatic rings. The number of carboxylic acid groups (broad SMARTS) is 1.